The maximum absolute atomic E-state index is 14.2. The van der Waals surface area contributed by atoms with Crippen molar-refractivity contribution in [1.29, 1.82) is 0 Å². The summed E-state index contributed by atoms with van der Waals surface area (Å²) in [5, 5.41) is 0.203. The number of nitrogen functional groups attached to an aromatic ring is 1. The maximum atomic E-state index is 14.2. The van der Waals surface area contributed by atoms with E-state index in [1.807, 2.05) is 24.3 Å². The summed E-state index contributed by atoms with van der Waals surface area (Å²) in [5.74, 6) is -0.0635. The molecular weight excluding hydrogens is 295 g/mol. The van der Waals surface area contributed by atoms with Crippen molar-refractivity contribution in [2.45, 2.75) is 0 Å². The number of nitrogens with zero attached hydrogens (tertiary/aromatic N) is 2. The van der Waals surface area contributed by atoms with E-state index in [0.717, 1.165) is 11.0 Å². The molecule has 2 heterocycles. The average Bonchev–Trinajstić information content (AvgIpc) is 2.84. The first kappa shape index (κ1) is 13.5. The van der Waals surface area contributed by atoms with Crippen LogP contribution in [0.4, 0.5) is 10.1 Å². The number of benzene rings is 2. The van der Waals surface area contributed by atoms with E-state index in [0.29, 0.717) is 11.3 Å². The fourth-order valence-corrected chi connectivity index (χ4v) is 2.93. The van der Waals surface area contributed by atoms with Gasteiger partial charge in [0.05, 0.1) is 27.6 Å². The summed E-state index contributed by atoms with van der Waals surface area (Å²) < 4.78 is 15.9. The van der Waals surface area contributed by atoms with Crippen LogP contribution < -0.4 is 11.3 Å². The van der Waals surface area contributed by atoms with Crippen molar-refractivity contribution in [1.82, 2.24) is 14.5 Å². The molecule has 0 bridgehead atoms. The zero-order valence-corrected chi connectivity index (χ0v) is 12.3. The Kier molecular flexibility index (Phi) is 2.74. The molecule has 0 fully saturated rings. The summed E-state index contributed by atoms with van der Waals surface area (Å²) in [6.45, 7) is 0. The summed E-state index contributed by atoms with van der Waals surface area (Å²) in [6.07, 6.45) is 0. The van der Waals surface area contributed by atoms with Gasteiger partial charge in [0.15, 0.2) is 0 Å². The van der Waals surface area contributed by atoms with Crippen LogP contribution in [0.3, 0.4) is 0 Å². The van der Waals surface area contributed by atoms with Crippen molar-refractivity contribution in [2.75, 3.05) is 5.73 Å². The lowest BCUT2D eigenvalue weighted by atomic mass is 10.1. The van der Waals surface area contributed by atoms with E-state index in [4.69, 9.17) is 5.73 Å². The number of hydrogen-bond acceptors (Lipinski definition) is 3. The van der Waals surface area contributed by atoms with E-state index in [1.165, 1.54) is 12.1 Å². The molecule has 2 aromatic carbocycles. The molecule has 0 saturated heterocycles. The number of fused-ring (bicyclic) bond motifs is 2. The third kappa shape index (κ3) is 1.85. The largest absolute Gasteiger partial charge is 0.397 e. The van der Waals surface area contributed by atoms with Gasteiger partial charge in [-0.1, -0.05) is 18.2 Å². The van der Waals surface area contributed by atoms with E-state index in [2.05, 4.69) is 9.97 Å². The maximum Gasteiger partial charge on any atom is 0.261 e. The van der Waals surface area contributed by atoms with Gasteiger partial charge in [0.1, 0.15) is 17.2 Å². The first-order chi connectivity index (χ1) is 11.1. The predicted octanol–water partition coefficient (Wildman–Crippen LogP) is 2.80. The smallest absolute Gasteiger partial charge is 0.261 e. The van der Waals surface area contributed by atoms with Crippen molar-refractivity contribution in [3.63, 3.8) is 0 Å². The van der Waals surface area contributed by atoms with Crippen LogP contribution in [0.5, 0.6) is 0 Å². The lowest BCUT2D eigenvalue weighted by Crippen LogP contribution is -2.15. The van der Waals surface area contributed by atoms with Gasteiger partial charge in [-0.25, -0.2) is 9.37 Å². The zero-order chi connectivity index (χ0) is 16.1. The van der Waals surface area contributed by atoms with Crippen LogP contribution in [0, 0.1) is 5.82 Å². The van der Waals surface area contributed by atoms with Crippen molar-refractivity contribution in [2.24, 2.45) is 7.05 Å². The van der Waals surface area contributed by atoms with Crippen molar-refractivity contribution >= 4 is 27.6 Å². The minimum absolute atomic E-state index is 0.0975. The molecule has 5 nitrogen and oxygen atoms in total. The third-order valence-corrected chi connectivity index (χ3v) is 4.04. The van der Waals surface area contributed by atoms with Gasteiger partial charge >= 0.3 is 0 Å². The number of anilines is 1. The Labute approximate surface area is 130 Å². The van der Waals surface area contributed by atoms with Gasteiger partial charge in [-0.15, -0.1) is 0 Å². The fourth-order valence-electron chi connectivity index (χ4n) is 2.93. The Bertz CT molecular complexity index is 1130. The highest BCUT2D eigenvalue weighted by Crippen LogP contribution is 2.30. The molecule has 0 unspecified atom stereocenters. The monoisotopic (exact) mass is 308 g/mol. The number of nitrogens with one attached hydrogen (secondary N) is 1. The summed E-state index contributed by atoms with van der Waals surface area (Å²) in [6, 6.07) is 12.0. The zero-order valence-electron chi connectivity index (χ0n) is 12.3. The second-order valence-electron chi connectivity index (χ2n) is 5.39. The topological polar surface area (TPSA) is 76.7 Å². The Morgan fingerprint density at radius 2 is 1.96 bits per heavy atom. The molecule has 0 aliphatic rings. The number of hydrogen-bond donors (Lipinski definition) is 2. The number of halogens is 1. The number of aromatic nitrogens is 3. The van der Waals surface area contributed by atoms with E-state index >= 15 is 0 Å². The second-order valence-corrected chi connectivity index (χ2v) is 5.39. The van der Waals surface area contributed by atoms with Crippen LogP contribution in [0.15, 0.2) is 47.3 Å². The molecule has 0 saturated carbocycles. The van der Waals surface area contributed by atoms with Crippen LogP contribution in [0.2, 0.25) is 0 Å². The normalized spacial score (nSPS) is 11.4. The minimum Gasteiger partial charge on any atom is -0.397 e. The number of rotatable bonds is 1. The van der Waals surface area contributed by atoms with Gasteiger partial charge < -0.3 is 15.3 Å². The Hall–Kier alpha value is -3.15. The van der Waals surface area contributed by atoms with Gasteiger partial charge in [0.2, 0.25) is 0 Å². The molecule has 6 heteroatoms. The fraction of sp³-hybridized carbons (Fsp3) is 0.0588. The van der Waals surface area contributed by atoms with Crippen LogP contribution >= 0.6 is 0 Å². The minimum atomic E-state index is -0.476. The van der Waals surface area contributed by atoms with Gasteiger partial charge in [0, 0.05) is 7.05 Å². The molecule has 4 rings (SSSR count). The quantitative estimate of drug-likeness (QED) is 0.567. The van der Waals surface area contributed by atoms with E-state index in [-0.39, 0.29) is 22.2 Å². The summed E-state index contributed by atoms with van der Waals surface area (Å²) in [4.78, 5) is 19.6. The molecule has 0 atom stereocenters. The highest BCUT2D eigenvalue weighted by molar-refractivity contribution is 5.98. The number of aromatic amines is 1. The Morgan fingerprint density at radius 3 is 2.74 bits per heavy atom. The number of aryl methyl sites for hydroxylation is 1. The van der Waals surface area contributed by atoms with Crippen LogP contribution in [-0.2, 0) is 7.05 Å². The van der Waals surface area contributed by atoms with Crippen LogP contribution in [-0.4, -0.2) is 14.5 Å². The molecule has 0 aliphatic carbocycles. The molecule has 0 radical (unpaired) electrons. The molecule has 0 amide bonds. The van der Waals surface area contributed by atoms with Gasteiger partial charge in [-0.2, -0.15) is 0 Å². The standard InChI is InChI=1S/C17H13FN4O/c1-22-12-8-3-2-6-10(12)20-16(22)14-15(19)13-9(18)5-4-7-11(13)21-17(14)23/h2-8H,1H3,(H3,19,21,23). The van der Waals surface area contributed by atoms with Crippen molar-refractivity contribution < 1.29 is 4.39 Å². The molecule has 0 aliphatic heterocycles. The van der Waals surface area contributed by atoms with Crippen molar-refractivity contribution in [3.05, 3.63) is 58.6 Å². The van der Waals surface area contributed by atoms with Crippen LogP contribution in [0.1, 0.15) is 0 Å². The number of imidazole rings is 1. The molecule has 0 spiro atoms. The summed E-state index contributed by atoms with van der Waals surface area (Å²) in [7, 11) is 1.80. The third-order valence-electron chi connectivity index (χ3n) is 4.04. The van der Waals surface area contributed by atoms with E-state index < -0.39 is 5.82 Å². The summed E-state index contributed by atoms with van der Waals surface area (Å²) >= 11 is 0. The molecule has 114 valence electrons. The molecule has 2 aromatic heterocycles. The second kappa shape index (κ2) is 4.67. The number of pyridine rings is 1. The first-order valence-electron chi connectivity index (χ1n) is 7.09. The van der Waals surface area contributed by atoms with E-state index in [1.54, 1.807) is 17.7 Å². The lowest BCUT2D eigenvalue weighted by molar-refractivity contribution is 0.640. The SMILES string of the molecule is Cn1c(-c2c(N)c3c(F)cccc3[nH]c2=O)nc2ccccc21. The van der Waals surface area contributed by atoms with Gasteiger partial charge in [-0.3, -0.25) is 4.79 Å². The summed E-state index contributed by atoms with van der Waals surface area (Å²) in [5.41, 5.74) is 8.01. The Morgan fingerprint density at radius 1 is 1.17 bits per heavy atom. The molecular formula is C17H13FN4O. The van der Waals surface area contributed by atoms with Crippen LogP contribution in [0.25, 0.3) is 33.3 Å². The highest BCUT2D eigenvalue weighted by atomic mass is 19.1. The van der Waals surface area contributed by atoms with Gasteiger partial charge in [-0.05, 0) is 24.3 Å². The predicted molar refractivity (Wildman–Crippen MR) is 88.6 cm³/mol. The van der Waals surface area contributed by atoms with Crippen molar-refractivity contribution in [3.8, 4) is 11.4 Å². The number of para-hydroxylation sites is 2. The number of nitrogens with two attached hydrogens (primary N) is 1. The Balaban J connectivity index is 2.14. The molecule has 3 N–H and O–H groups in total. The molecule has 4 aromatic rings. The number of H-pyrrole nitrogens is 1. The van der Waals surface area contributed by atoms with Gasteiger partial charge in [0.25, 0.3) is 5.56 Å². The van der Waals surface area contributed by atoms with E-state index in [9.17, 15) is 9.18 Å². The lowest BCUT2D eigenvalue weighted by Gasteiger charge is -2.09. The first-order valence-corrected chi connectivity index (χ1v) is 7.09. The molecule has 23 heavy (non-hydrogen) atoms. The highest BCUT2D eigenvalue weighted by Gasteiger charge is 2.19. The average molecular weight is 308 g/mol.